The normalized spacial score (nSPS) is 19.9. The molecule has 5 rings (SSSR count). The number of morpholine rings is 1. The summed E-state index contributed by atoms with van der Waals surface area (Å²) in [5, 5.41) is 2.84. The van der Waals surface area contributed by atoms with Gasteiger partial charge in [-0.05, 0) is 39.1 Å². The van der Waals surface area contributed by atoms with Gasteiger partial charge in [0.15, 0.2) is 0 Å². The molecule has 0 spiro atoms. The molecule has 43 heavy (non-hydrogen) atoms. The molecular formula is C29H31ClF4N6O3. The maximum absolute atomic E-state index is 15.8. The molecule has 2 saturated heterocycles. The number of anilines is 3. The van der Waals surface area contributed by atoms with Crippen LogP contribution < -0.4 is 20.7 Å². The molecule has 14 heteroatoms. The molecule has 0 radical (unpaired) electrons. The lowest BCUT2D eigenvalue weighted by molar-refractivity contribution is -0.138. The quantitative estimate of drug-likeness (QED) is 0.393. The number of ether oxygens (including phenoxy) is 1. The third kappa shape index (κ3) is 6.48. The van der Waals surface area contributed by atoms with Crippen LogP contribution in [0, 0.1) is 5.82 Å². The highest BCUT2D eigenvalue weighted by Crippen LogP contribution is 2.38. The molecule has 0 aliphatic carbocycles. The fourth-order valence-corrected chi connectivity index (χ4v) is 5.70. The second kappa shape index (κ2) is 12.1. The highest BCUT2D eigenvalue weighted by atomic mass is 35.5. The first-order valence-corrected chi connectivity index (χ1v) is 14.1. The first kappa shape index (κ1) is 30.8. The number of likely N-dealkylation sites (N-methyl/N-ethyl adjacent to an activating group) is 1. The van der Waals surface area contributed by atoms with E-state index < -0.39 is 34.6 Å². The summed E-state index contributed by atoms with van der Waals surface area (Å²) in [6.45, 7) is 7.21. The minimum Gasteiger partial charge on any atom is -0.378 e. The molecule has 230 valence electrons. The maximum Gasteiger partial charge on any atom is 0.417 e. The predicted octanol–water partition coefficient (Wildman–Crippen LogP) is 4.87. The number of halogens is 5. The number of pyridine rings is 2. The van der Waals surface area contributed by atoms with Crippen molar-refractivity contribution in [2.75, 3.05) is 61.6 Å². The number of hydrogen-bond donors (Lipinski definition) is 2. The molecule has 2 atom stereocenters. The Morgan fingerprint density at radius 3 is 2.40 bits per heavy atom. The maximum atomic E-state index is 15.8. The number of carbonyl (C=O) groups is 1. The van der Waals surface area contributed by atoms with E-state index in [0.29, 0.717) is 67.6 Å². The first-order chi connectivity index (χ1) is 20.3. The Hall–Kier alpha value is -3.68. The fraction of sp³-hybridized carbons (Fsp3) is 0.414. The summed E-state index contributed by atoms with van der Waals surface area (Å²) in [6.07, 6.45) is -2.77. The lowest BCUT2D eigenvalue weighted by atomic mass is 10.0. The Labute approximate surface area is 250 Å². The molecule has 4 heterocycles. The minimum atomic E-state index is -4.95. The van der Waals surface area contributed by atoms with Crippen LogP contribution in [-0.4, -0.2) is 79.3 Å². The number of nitrogens with zero attached hydrogens (tertiary/aromatic N) is 4. The average Bonchev–Trinajstić information content (AvgIpc) is 2.96. The summed E-state index contributed by atoms with van der Waals surface area (Å²) in [7, 11) is 1.98. The van der Waals surface area contributed by atoms with Crippen LogP contribution in [0.1, 0.15) is 29.8 Å². The number of rotatable bonds is 5. The van der Waals surface area contributed by atoms with Gasteiger partial charge in [0.2, 0.25) is 5.56 Å². The zero-order chi connectivity index (χ0) is 31.1. The van der Waals surface area contributed by atoms with Gasteiger partial charge in [0.1, 0.15) is 11.6 Å². The summed E-state index contributed by atoms with van der Waals surface area (Å²) >= 11 is 6.56. The summed E-state index contributed by atoms with van der Waals surface area (Å²) in [5.41, 5.74) is -2.38. The number of alkyl halides is 3. The number of H-pyrrole nitrogens is 1. The minimum absolute atomic E-state index is 0.0507. The Kier molecular flexibility index (Phi) is 8.68. The van der Waals surface area contributed by atoms with Crippen molar-refractivity contribution < 1.29 is 27.1 Å². The zero-order valence-corrected chi connectivity index (χ0v) is 24.5. The summed E-state index contributed by atoms with van der Waals surface area (Å²) < 4.78 is 62.4. The van der Waals surface area contributed by atoms with Crippen LogP contribution in [0.5, 0.6) is 0 Å². The third-order valence-electron chi connectivity index (χ3n) is 7.95. The summed E-state index contributed by atoms with van der Waals surface area (Å²) in [4.78, 5) is 37.6. The number of benzene rings is 1. The van der Waals surface area contributed by atoms with E-state index in [9.17, 15) is 22.8 Å². The highest BCUT2D eigenvalue weighted by Gasteiger charge is 2.36. The molecule has 0 saturated carbocycles. The van der Waals surface area contributed by atoms with Crippen LogP contribution in [0.25, 0.3) is 11.1 Å². The smallest absolute Gasteiger partial charge is 0.378 e. The number of carbonyl (C=O) groups excluding carboxylic acids is 1. The molecule has 9 nitrogen and oxygen atoms in total. The van der Waals surface area contributed by atoms with E-state index in [-0.39, 0.29) is 23.3 Å². The molecule has 2 aromatic heterocycles. The van der Waals surface area contributed by atoms with Gasteiger partial charge in [-0.2, -0.15) is 13.2 Å². The second-order valence-electron chi connectivity index (χ2n) is 10.8. The Balaban J connectivity index is 1.57. The number of piperazine rings is 1. The second-order valence-corrected chi connectivity index (χ2v) is 11.2. The van der Waals surface area contributed by atoms with Crippen LogP contribution in [0.3, 0.4) is 0 Å². The average molecular weight is 623 g/mol. The predicted molar refractivity (Wildman–Crippen MR) is 157 cm³/mol. The lowest BCUT2D eigenvalue weighted by Crippen LogP contribution is -2.55. The van der Waals surface area contributed by atoms with Crippen LogP contribution >= 0.6 is 11.6 Å². The van der Waals surface area contributed by atoms with Gasteiger partial charge in [-0.25, -0.2) is 9.37 Å². The van der Waals surface area contributed by atoms with E-state index in [2.05, 4.69) is 20.2 Å². The highest BCUT2D eigenvalue weighted by molar-refractivity contribution is 6.33. The van der Waals surface area contributed by atoms with Gasteiger partial charge >= 0.3 is 6.18 Å². The van der Waals surface area contributed by atoms with Crippen LogP contribution in [0.4, 0.5) is 34.8 Å². The molecule has 2 aliphatic heterocycles. The molecule has 2 fully saturated rings. The molecular weight excluding hydrogens is 592 g/mol. The van der Waals surface area contributed by atoms with E-state index in [0.717, 1.165) is 6.20 Å². The van der Waals surface area contributed by atoms with E-state index in [1.807, 2.05) is 30.7 Å². The monoisotopic (exact) mass is 622 g/mol. The topological polar surface area (TPSA) is 93.8 Å². The molecule has 1 amide bonds. The van der Waals surface area contributed by atoms with E-state index in [4.69, 9.17) is 16.3 Å². The van der Waals surface area contributed by atoms with Crippen molar-refractivity contribution in [2.24, 2.45) is 0 Å². The largest absolute Gasteiger partial charge is 0.417 e. The van der Waals surface area contributed by atoms with E-state index in [1.165, 1.54) is 18.3 Å². The SMILES string of the molecule is CC1CN(c2cc(F)c(-c3cnc(N4CCOCC4)c(Cl)c3)cc2NC(=O)c2c[nH]c(=O)cc2C(F)(F)F)CC(C)N1C. The molecule has 1 aromatic carbocycles. The van der Waals surface area contributed by atoms with Crippen molar-refractivity contribution in [1.29, 1.82) is 0 Å². The van der Waals surface area contributed by atoms with Crippen molar-refractivity contribution in [3.8, 4) is 11.1 Å². The van der Waals surface area contributed by atoms with Crippen molar-refractivity contribution in [3.63, 3.8) is 0 Å². The number of amides is 1. The van der Waals surface area contributed by atoms with Gasteiger partial charge in [-0.15, -0.1) is 0 Å². The number of aromatic amines is 1. The zero-order valence-electron chi connectivity index (χ0n) is 23.8. The van der Waals surface area contributed by atoms with Crippen molar-refractivity contribution in [1.82, 2.24) is 14.9 Å². The molecule has 2 aliphatic rings. The lowest BCUT2D eigenvalue weighted by Gasteiger charge is -2.44. The van der Waals surface area contributed by atoms with Crippen molar-refractivity contribution in [2.45, 2.75) is 32.1 Å². The Morgan fingerprint density at radius 1 is 1.09 bits per heavy atom. The van der Waals surface area contributed by atoms with Crippen LogP contribution in [0.2, 0.25) is 5.02 Å². The van der Waals surface area contributed by atoms with Crippen LogP contribution in [-0.2, 0) is 10.9 Å². The molecule has 2 N–H and O–H groups in total. The molecule has 2 unspecified atom stereocenters. The van der Waals surface area contributed by atoms with Crippen molar-refractivity contribution in [3.05, 3.63) is 69.0 Å². The van der Waals surface area contributed by atoms with Crippen molar-refractivity contribution >= 4 is 34.7 Å². The standard InChI is InChI=1S/C29H31ClF4N6O3/c1-16-14-40(15-17(2)38(16)3)25-11-23(31)19(18-8-22(30)27(36-12-18)39-4-6-43-7-5-39)9-24(25)37-28(42)20-13-35-26(41)10-21(20)29(32,33)34/h8-13,16-17H,4-7,14-15H2,1-3H3,(H,35,41)(H,37,42). The van der Waals surface area contributed by atoms with Gasteiger partial charge in [-0.3, -0.25) is 14.5 Å². The number of nitrogens with one attached hydrogen (secondary N) is 2. The Morgan fingerprint density at radius 2 is 1.77 bits per heavy atom. The fourth-order valence-electron chi connectivity index (χ4n) is 5.42. The van der Waals surface area contributed by atoms with Crippen LogP contribution in [0.15, 0.2) is 41.5 Å². The summed E-state index contributed by atoms with van der Waals surface area (Å²) in [6, 6.07) is 4.67. The van der Waals surface area contributed by atoms with Gasteiger partial charge in [-0.1, -0.05) is 11.6 Å². The van der Waals surface area contributed by atoms with E-state index in [1.54, 1.807) is 6.07 Å². The first-order valence-electron chi connectivity index (χ1n) is 13.7. The van der Waals surface area contributed by atoms with Gasteiger partial charge in [0, 0.05) is 67.8 Å². The Bertz CT molecular complexity index is 1560. The molecule has 3 aromatic rings. The number of aromatic nitrogens is 2. The number of hydrogen-bond acceptors (Lipinski definition) is 7. The summed E-state index contributed by atoms with van der Waals surface area (Å²) in [5.74, 6) is -1.21. The third-order valence-corrected chi connectivity index (χ3v) is 8.23. The van der Waals surface area contributed by atoms with Gasteiger partial charge in [0.25, 0.3) is 5.91 Å². The van der Waals surface area contributed by atoms with Gasteiger partial charge < -0.3 is 24.8 Å². The van der Waals surface area contributed by atoms with Gasteiger partial charge in [0.05, 0.1) is 40.7 Å². The van der Waals surface area contributed by atoms with E-state index >= 15 is 4.39 Å². The molecule has 0 bridgehead atoms.